The van der Waals surface area contributed by atoms with Gasteiger partial charge in [0.25, 0.3) is 21.9 Å². The molecule has 0 aromatic heterocycles. The average molecular weight is 595 g/mol. The van der Waals surface area contributed by atoms with Crippen molar-refractivity contribution in [3.8, 4) is 0 Å². The van der Waals surface area contributed by atoms with E-state index in [1.807, 2.05) is 4.90 Å². The van der Waals surface area contributed by atoms with Crippen LogP contribution in [0.25, 0.3) is 0 Å². The topological polar surface area (TPSA) is 116 Å². The Kier molecular flexibility index (Phi) is 8.47. The van der Waals surface area contributed by atoms with Crippen molar-refractivity contribution in [1.82, 2.24) is 10.2 Å². The zero-order valence-electron chi connectivity index (χ0n) is 22.2. The second kappa shape index (κ2) is 11.2. The maximum Gasteiger partial charge on any atom is 0.274 e. The van der Waals surface area contributed by atoms with Gasteiger partial charge in [0.2, 0.25) is 0 Å². The summed E-state index contributed by atoms with van der Waals surface area (Å²) in [6.45, 7) is 6.85. The van der Waals surface area contributed by atoms with Crippen molar-refractivity contribution in [2.75, 3.05) is 12.3 Å². The summed E-state index contributed by atoms with van der Waals surface area (Å²) in [7, 11) is -4.16. The minimum atomic E-state index is -4.16. The van der Waals surface area contributed by atoms with Gasteiger partial charge >= 0.3 is 0 Å². The molecule has 0 unspecified atom stereocenters. The molecule has 1 saturated carbocycles. The molecule has 0 radical (unpaired) electrons. The molecule has 2 N–H and O–H groups in total. The molecule has 2 aliphatic rings. The number of carbonyl (C=O) groups is 2. The fourth-order valence-electron chi connectivity index (χ4n) is 5.40. The van der Waals surface area contributed by atoms with Crippen molar-refractivity contribution in [1.29, 1.82) is 0 Å². The average Bonchev–Trinajstić information content (AvgIpc) is 3.09. The minimum absolute atomic E-state index is 0.167. The molecule has 0 saturated heterocycles. The summed E-state index contributed by atoms with van der Waals surface area (Å²) in [5.74, 6) is -0.678. The molecule has 2 aromatic carbocycles. The molecule has 1 spiro atoms. The molecule has 0 bridgehead atoms. The lowest BCUT2D eigenvalue weighted by Crippen LogP contribution is -2.49. The van der Waals surface area contributed by atoms with Gasteiger partial charge in [-0.1, -0.05) is 56.1 Å². The third-order valence-electron chi connectivity index (χ3n) is 7.62. The summed E-state index contributed by atoms with van der Waals surface area (Å²) in [4.78, 5) is 33.1. The highest BCUT2D eigenvalue weighted by Crippen LogP contribution is 2.47. The van der Waals surface area contributed by atoms with Crippen LogP contribution in [-0.4, -0.2) is 53.4 Å². The molecule has 2 aromatic rings. The van der Waals surface area contributed by atoms with Gasteiger partial charge in [-0.3, -0.25) is 19.1 Å². The van der Waals surface area contributed by atoms with Crippen LogP contribution < -0.4 is 5.32 Å². The second-order valence-electron chi connectivity index (χ2n) is 11.4. The Morgan fingerprint density at radius 2 is 1.69 bits per heavy atom. The van der Waals surface area contributed by atoms with Crippen LogP contribution in [0.5, 0.6) is 0 Å². The maximum atomic E-state index is 13.8. The van der Waals surface area contributed by atoms with Crippen molar-refractivity contribution < 1.29 is 22.6 Å². The van der Waals surface area contributed by atoms with Gasteiger partial charge in [0.1, 0.15) is 11.4 Å². The Balaban J connectivity index is 1.57. The van der Waals surface area contributed by atoms with E-state index in [1.165, 1.54) is 0 Å². The number of hydrogen-bond acceptors (Lipinski definition) is 5. The number of hydrogen-bond donors (Lipinski definition) is 2. The molecule has 0 atom stereocenters. The normalized spacial score (nSPS) is 21.8. The number of rotatable bonds is 7. The van der Waals surface area contributed by atoms with Crippen LogP contribution >= 0.6 is 23.2 Å². The molecule has 210 valence electrons. The van der Waals surface area contributed by atoms with E-state index in [0.29, 0.717) is 39.3 Å². The predicted octanol–water partition coefficient (Wildman–Crippen LogP) is 5.38. The summed E-state index contributed by atoms with van der Waals surface area (Å²) in [6, 6.07) is 11.8. The summed E-state index contributed by atoms with van der Waals surface area (Å²) in [5, 5.41) is 3.33. The van der Waals surface area contributed by atoms with E-state index in [1.54, 1.807) is 42.5 Å². The first-order chi connectivity index (χ1) is 18.2. The Labute approximate surface area is 239 Å². The molecule has 2 amide bonds. The Hall–Kier alpha value is -2.46. The summed E-state index contributed by atoms with van der Waals surface area (Å²) in [6.07, 6.45) is 3.38. The summed E-state index contributed by atoms with van der Waals surface area (Å²) < 4.78 is 30.6. The van der Waals surface area contributed by atoms with E-state index >= 15 is 0 Å². The van der Waals surface area contributed by atoms with Crippen LogP contribution in [-0.2, 0) is 21.5 Å². The number of nitrogens with zero attached hydrogens (tertiary/aromatic N) is 2. The van der Waals surface area contributed by atoms with Crippen LogP contribution in [0.15, 0.2) is 47.5 Å². The number of aliphatic imine (C=N–C) groups is 1. The Bertz CT molecular complexity index is 1370. The molecule has 39 heavy (non-hydrogen) atoms. The zero-order chi connectivity index (χ0) is 28.6. The van der Waals surface area contributed by atoms with Crippen LogP contribution in [0.1, 0.15) is 67.9 Å². The fraction of sp³-hybridized carbons (Fsp3) is 0.464. The van der Waals surface area contributed by atoms with Crippen molar-refractivity contribution in [3.63, 3.8) is 0 Å². The fourth-order valence-corrected chi connectivity index (χ4v) is 6.28. The smallest absolute Gasteiger partial charge is 0.274 e. The van der Waals surface area contributed by atoms with Crippen molar-refractivity contribution in [2.24, 2.45) is 16.3 Å². The molecular weight excluding hydrogens is 561 g/mol. The number of amides is 2. The van der Waals surface area contributed by atoms with Gasteiger partial charge in [0.05, 0.1) is 5.75 Å². The van der Waals surface area contributed by atoms with E-state index in [-0.39, 0.29) is 17.9 Å². The van der Waals surface area contributed by atoms with Crippen molar-refractivity contribution in [3.05, 3.63) is 69.2 Å². The van der Waals surface area contributed by atoms with Crippen LogP contribution in [0.4, 0.5) is 0 Å². The Morgan fingerprint density at radius 1 is 1.10 bits per heavy atom. The number of benzene rings is 2. The summed E-state index contributed by atoms with van der Waals surface area (Å²) in [5.41, 5.74) is 1.61. The van der Waals surface area contributed by atoms with Crippen LogP contribution in [0, 0.1) is 11.3 Å². The highest BCUT2D eigenvalue weighted by molar-refractivity contribution is 7.85. The predicted molar refractivity (Wildman–Crippen MR) is 153 cm³/mol. The molecular formula is C28H33Cl2N3O5S. The number of halogens is 2. The highest BCUT2D eigenvalue weighted by atomic mass is 35.5. The zero-order valence-corrected chi connectivity index (χ0v) is 24.5. The lowest BCUT2D eigenvalue weighted by molar-refractivity contribution is -0.130. The lowest BCUT2D eigenvalue weighted by atomic mass is 9.69. The molecule has 1 aliphatic carbocycles. The summed E-state index contributed by atoms with van der Waals surface area (Å²) >= 11 is 12.5. The molecule has 1 fully saturated rings. The van der Waals surface area contributed by atoms with Gasteiger partial charge in [0.15, 0.2) is 0 Å². The first kappa shape index (κ1) is 29.5. The third-order valence-corrected chi connectivity index (χ3v) is 8.78. The first-order valence-corrected chi connectivity index (χ1v) is 15.2. The van der Waals surface area contributed by atoms with E-state index in [0.717, 1.165) is 31.2 Å². The standard InChI is InChI=1S/C28H33Cl2N3O5S/c1-27(2,3)21-8-10-28(11-9-21)32-24(20-14-22(29)16-23(30)15-20)26(35)33(28)17-18-4-6-19(7-5-18)25(34)31-12-13-39(36,37)38/h4-7,14-16,21H,8-13,17H2,1-3H3,(H,31,34)(H,36,37,38). The largest absolute Gasteiger partial charge is 0.351 e. The third kappa shape index (κ3) is 7.01. The molecule has 11 heteroatoms. The molecule has 1 heterocycles. The van der Waals surface area contributed by atoms with Gasteiger partial charge in [0, 0.05) is 34.3 Å². The van der Waals surface area contributed by atoms with Crippen molar-refractivity contribution in [2.45, 2.75) is 58.7 Å². The second-order valence-corrected chi connectivity index (χ2v) is 13.8. The molecule has 8 nitrogen and oxygen atoms in total. The molecule has 1 aliphatic heterocycles. The first-order valence-electron chi connectivity index (χ1n) is 12.9. The van der Waals surface area contributed by atoms with E-state index in [4.69, 9.17) is 32.7 Å². The highest BCUT2D eigenvalue weighted by Gasteiger charge is 2.50. The van der Waals surface area contributed by atoms with Gasteiger partial charge in [-0.05, 0) is 72.9 Å². The number of carbonyl (C=O) groups excluding carboxylic acids is 2. The monoisotopic (exact) mass is 593 g/mol. The van der Waals surface area contributed by atoms with E-state index in [9.17, 15) is 18.0 Å². The quantitative estimate of drug-likeness (QED) is 0.418. The van der Waals surface area contributed by atoms with Gasteiger partial charge < -0.3 is 10.2 Å². The van der Waals surface area contributed by atoms with Crippen LogP contribution in [0.2, 0.25) is 10.0 Å². The van der Waals surface area contributed by atoms with E-state index in [2.05, 4.69) is 26.1 Å². The lowest BCUT2D eigenvalue weighted by Gasteiger charge is -2.44. The minimum Gasteiger partial charge on any atom is -0.351 e. The van der Waals surface area contributed by atoms with Gasteiger partial charge in [-0.2, -0.15) is 8.42 Å². The Morgan fingerprint density at radius 3 is 2.23 bits per heavy atom. The SMILES string of the molecule is CC(C)(C)C1CCC2(CC1)N=C(c1cc(Cl)cc(Cl)c1)C(=O)N2Cc1ccc(C(=O)NCCS(=O)(=O)O)cc1. The van der Waals surface area contributed by atoms with Crippen molar-refractivity contribution >= 4 is 50.8 Å². The maximum absolute atomic E-state index is 13.8. The van der Waals surface area contributed by atoms with Gasteiger partial charge in [-0.25, -0.2) is 0 Å². The van der Waals surface area contributed by atoms with Crippen LogP contribution in [0.3, 0.4) is 0 Å². The van der Waals surface area contributed by atoms with Gasteiger partial charge in [-0.15, -0.1) is 0 Å². The van der Waals surface area contributed by atoms with E-state index < -0.39 is 27.4 Å². The molecule has 4 rings (SSSR count). The number of nitrogens with one attached hydrogen (secondary N) is 1.